The Morgan fingerprint density at radius 3 is 2.55 bits per heavy atom. The molecule has 0 aliphatic heterocycles. The van der Waals surface area contributed by atoms with Gasteiger partial charge >= 0.3 is 5.97 Å². The number of amides is 1. The molecule has 0 aromatic heterocycles. The summed E-state index contributed by atoms with van der Waals surface area (Å²) in [6, 6.07) is 6.84. The summed E-state index contributed by atoms with van der Waals surface area (Å²) in [7, 11) is 0. The molecule has 0 fully saturated rings. The molecule has 1 amide bonds. The smallest absolute Gasteiger partial charge is 0.305 e. The van der Waals surface area contributed by atoms with Crippen LogP contribution < -0.4 is 10.1 Å². The highest BCUT2D eigenvalue weighted by Crippen LogP contribution is 2.15. The molecule has 0 bridgehead atoms. The fraction of sp³-hybridized carbons (Fsp3) is 0.500. The molecule has 0 saturated carbocycles. The summed E-state index contributed by atoms with van der Waals surface area (Å²) < 4.78 is 10.2. The fourth-order valence-electron chi connectivity index (χ4n) is 1.76. The summed E-state index contributed by atoms with van der Waals surface area (Å²) in [5.74, 6) is 0.275. The molecule has 6 heteroatoms. The molecule has 0 spiro atoms. The first-order valence-electron chi connectivity index (χ1n) is 7.42. The van der Waals surface area contributed by atoms with Gasteiger partial charge in [-0.05, 0) is 44.0 Å². The van der Waals surface area contributed by atoms with Gasteiger partial charge in [0.2, 0.25) is 0 Å². The Bertz CT molecular complexity index is 462. The highest BCUT2D eigenvalue weighted by atomic mass is 35.5. The number of halogens is 1. The van der Waals surface area contributed by atoms with E-state index in [2.05, 4.69) is 5.32 Å². The number of esters is 1. The maximum Gasteiger partial charge on any atom is 0.305 e. The normalized spacial score (nSPS) is 10.1. The third kappa shape index (κ3) is 8.52. The zero-order chi connectivity index (χ0) is 16.2. The lowest BCUT2D eigenvalue weighted by Gasteiger charge is -2.07. The van der Waals surface area contributed by atoms with Gasteiger partial charge in [0, 0.05) is 18.0 Å². The van der Waals surface area contributed by atoms with Crippen molar-refractivity contribution >= 4 is 23.5 Å². The van der Waals surface area contributed by atoms with Crippen molar-refractivity contribution in [2.75, 3.05) is 19.8 Å². The predicted octanol–water partition coefficient (Wildman–Crippen LogP) is 2.96. The number of ether oxygens (including phenoxy) is 2. The van der Waals surface area contributed by atoms with Gasteiger partial charge < -0.3 is 14.8 Å². The second kappa shape index (κ2) is 10.9. The molecule has 0 saturated heterocycles. The summed E-state index contributed by atoms with van der Waals surface area (Å²) in [6.45, 7) is 2.76. The number of rotatable bonds is 10. The Balaban J connectivity index is 2.01. The van der Waals surface area contributed by atoms with Crippen LogP contribution in [0.15, 0.2) is 24.3 Å². The number of hydrogen-bond donors (Lipinski definition) is 1. The van der Waals surface area contributed by atoms with E-state index in [1.165, 1.54) is 0 Å². The fourth-order valence-corrected chi connectivity index (χ4v) is 1.89. The highest BCUT2D eigenvalue weighted by Gasteiger charge is 2.03. The number of hydrogen-bond acceptors (Lipinski definition) is 4. The Hall–Kier alpha value is -1.75. The van der Waals surface area contributed by atoms with Crippen molar-refractivity contribution in [3.05, 3.63) is 29.3 Å². The monoisotopic (exact) mass is 327 g/mol. The van der Waals surface area contributed by atoms with Gasteiger partial charge in [-0.3, -0.25) is 9.59 Å². The molecule has 1 aromatic carbocycles. The second-order valence-electron chi connectivity index (χ2n) is 4.71. The summed E-state index contributed by atoms with van der Waals surface area (Å²) in [5, 5.41) is 3.40. The van der Waals surface area contributed by atoms with Crippen LogP contribution in [0, 0.1) is 0 Å². The SMILES string of the molecule is CCOC(=O)CCCCCNC(=O)COc1ccc(Cl)cc1. The first-order valence-corrected chi connectivity index (χ1v) is 7.80. The maximum absolute atomic E-state index is 11.6. The molecule has 0 atom stereocenters. The molecule has 1 rings (SSSR count). The van der Waals surface area contributed by atoms with Crippen molar-refractivity contribution in [3.8, 4) is 5.75 Å². The van der Waals surface area contributed by atoms with Gasteiger partial charge in [-0.2, -0.15) is 0 Å². The third-order valence-corrected chi connectivity index (χ3v) is 3.12. The van der Waals surface area contributed by atoms with E-state index in [1.54, 1.807) is 31.2 Å². The van der Waals surface area contributed by atoms with Crippen LogP contribution in [-0.4, -0.2) is 31.6 Å². The largest absolute Gasteiger partial charge is 0.484 e. The van der Waals surface area contributed by atoms with Gasteiger partial charge in [-0.15, -0.1) is 0 Å². The number of carbonyl (C=O) groups is 2. The maximum atomic E-state index is 11.6. The Morgan fingerprint density at radius 2 is 1.86 bits per heavy atom. The molecular formula is C16H22ClNO4. The van der Waals surface area contributed by atoms with Crippen molar-refractivity contribution in [3.63, 3.8) is 0 Å². The zero-order valence-electron chi connectivity index (χ0n) is 12.8. The molecule has 1 aromatic rings. The van der Waals surface area contributed by atoms with E-state index in [4.69, 9.17) is 21.1 Å². The van der Waals surface area contributed by atoms with E-state index in [-0.39, 0.29) is 18.5 Å². The first-order chi connectivity index (χ1) is 10.6. The van der Waals surface area contributed by atoms with Crippen LogP contribution >= 0.6 is 11.6 Å². The van der Waals surface area contributed by atoms with Crippen LogP contribution in [0.1, 0.15) is 32.6 Å². The molecule has 1 N–H and O–H groups in total. The molecule has 5 nitrogen and oxygen atoms in total. The van der Waals surface area contributed by atoms with Crippen LogP contribution in [0.5, 0.6) is 5.75 Å². The van der Waals surface area contributed by atoms with Gasteiger partial charge in [0.1, 0.15) is 5.75 Å². The molecule has 0 heterocycles. The van der Waals surface area contributed by atoms with E-state index in [0.29, 0.717) is 30.3 Å². The molecule has 0 radical (unpaired) electrons. The van der Waals surface area contributed by atoms with Crippen LogP contribution in [0.4, 0.5) is 0 Å². The number of carbonyl (C=O) groups excluding carboxylic acids is 2. The number of benzene rings is 1. The molecule has 0 unspecified atom stereocenters. The van der Waals surface area contributed by atoms with Gasteiger partial charge in [0.25, 0.3) is 5.91 Å². The lowest BCUT2D eigenvalue weighted by Crippen LogP contribution is -2.29. The average molecular weight is 328 g/mol. The van der Waals surface area contributed by atoms with Crippen LogP contribution in [0.25, 0.3) is 0 Å². The quantitative estimate of drug-likeness (QED) is 0.530. The summed E-state index contributed by atoms with van der Waals surface area (Å²) >= 11 is 5.76. The standard InChI is InChI=1S/C16H22ClNO4/c1-2-21-16(20)6-4-3-5-11-18-15(19)12-22-14-9-7-13(17)8-10-14/h7-10H,2-6,11-12H2,1H3,(H,18,19). The Morgan fingerprint density at radius 1 is 1.14 bits per heavy atom. The molecule has 122 valence electrons. The third-order valence-electron chi connectivity index (χ3n) is 2.87. The summed E-state index contributed by atoms with van der Waals surface area (Å²) in [5.41, 5.74) is 0. The average Bonchev–Trinajstić information content (AvgIpc) is 2.50. The van der Waals surface area contributed by atoms with Gasteiger partial charge in [-0.1, -0.05) is 18.0 Å². The number of unbranched alkanes of at least 4 members (excludes halogenated alkanes) is 2. The van der Waals surface area contributed by atoms with E-state index in [9.17, 15) is 9.59 Å². The van der Waals surface area contributed by atoms with Crippen LogP contribution in [0.2, 0.25) is 5.02 Å². The lowest BCUT2D eigenvalue weighted by molar-refractivity contribution is -0.143. The minimum Gasteiger partial charge on any atom is -0.484 e. The van der Waals surface area contributed by atoms with E-state index in [0.717, 1.165) is 19.3 Å². The minimum absolute atomic E-state index is 0.0234. The van der Waals surface area contributed by atoms with Crippen LogP contribution in [0.3, 0.4) is 0 Å². The van der Waals surface area contributed by atoms with Gasteiger partial charge in [-0.25, -0.2) is 0 Å². The molecular weight excluding hydrogens is 306 g/mol. The van der Waals surface area contributed by atoms with Crippen molar-refractivity contribution in [1.29, 1.82) is 0 Å². The topological polar surface area (TPSA) is 64.6 Å². The van der Waals surface area contributed by atoms with Crippen molar-refractivity contribution in [1.82, 2.24) is 5.32 Å². The molecule has 22 heavy (non-hydrogen) atoms. The van der Waals surface area contributed by atoms with E-state index < -0.39 is 0 Å². The second-order valence-corrected chi connectivity index (χ2v) is 5.14. The Labute approximate surface area is 135 Å². The van der Waals surface area contributed by atoms with Crippen LogP contribution in [-0.2, 0) is 14.3 Å². The lowest BCUT2D eigenvalue weighted by atomic mass is 10.2. The van der Waals surface area contributed by atoms with E-state index in [1.807, 2.05) is 0 Å². The minimum atomic E-state index is -0.166. The first kappa shape index (κ1) is 18.3. The van der Waals surface area contributed by atoms with Gasteiger partial charge in [0.15, 0.2) is 6.61 Å². The zero-order valence-corrected chi connectivity index (χ0v) is 13.5. The number of nitrogens with one attached hydrogen (secondary N) is 1. The molecule has 0 aliphatic carbocycles. The van der Waals surface area contributed by atoms with E-state index >= 15 is 0 Å². The summed E-state index contributed by atoms with van der Waals surface area (Å²) in [6.07, 6.45) is 2.90. The Kier molecular flexibility index (Phi) is 9.07. The summed E-state index contributed by atoms with van der Waals surface area (Å²) in [4.78, 5) is 22.7. The van der Waals surface area contributed by atoms with Crippen molar-refractivity contribution in [2.45, 2.75) is 32.6 Å². The molecule has 0 aliphatic rings. The predicted molar refractivity (Wildman–Crippen MR) is 85.1 cm³/mol. The van der Waals surface area contributed by atoms with Crippen molar-refractivity contribution < 1.29 is 19.1 Å². The van der Waals surface area contributed by atoms with Crippen molar-refractivity contribution in [2.24, 2.45) is 0 Å². The highest BCUT2D eigenvalue weighted by molar-refractivity contribution is 6.30. The van der Waals surface area contributed by atoms with Gasteiger partial charge in [0.05, 0.1) is 6.61 Å².